The van der Waals surface area contributed by atoms with E-state index in [0.717, 1.165) is 25.1 Å². The number of rotatable bonds is 6. The van der Waals surface area contributed by atoms with Crippen LogP contribution < -0.4 is 10.6 Å². The summed E-state index contributed by atoms with van der Waals surface area (Å²) in [5, 5.41) is 6.69. The largest absolute Gasteiger partial charge is 0.364 e. The molecule has 1 aromatic heterocycles. The summed E-state index contributed by atoms with van der Waals surface area (Å²) in [4.78, 5) is 22.5. The Hall–Kier alpha value is -2.89. The smallest absolute Gasteiger partial charge is 0.246 e. The lowest BCUT2D eigenvalue weighted by Crippen LogP contribution is -2.44. The third-order valence-corrected chi connectivity index (χ3v) is 4.74. The first-order valence-corrected chi connectivity index (χ1v) is 9.42. The van der Waals surface area contributed by atoms with Gasteiger partial charge in [0.25, 0.3) is 0 Å². The number of benzene rings is 1. The Labute approximate surface area is 160 Å². The van der Waals surface area contributed by atoms with Crippen molar-refractivity contribution in [2.75, 3.05) is 23.7 Å². The van der Waals surface area contributed by atoms with Crippen molar-refractivity contribution in [2.24, 2.45) is 0 Å². The van der Waals surface area contributed by atoms with Crippen molar-refractivity contribution in [2.45, 2.75) is 38.6 Å². The van der Waals surface area contributed by atoms with E-state index in [1.807, 2.05) is 4.90 Å². The zero-order chi connectivity index (χ0) is 19.2. The van der Waals surface area contributed by atoms with Crippen LogP contribution in [0.1, 0.15) is 38.2 Å². The Morgan fingerprint density at radius 2 is 2.00 bits per heavy atom. The summed E-state index contributed by atoms with van der Waals surface area (Å²) in [5.41, 5.74) is 2.28. The van der Waals surface area contributed by atoms with Crippen LogP contribution in [-0.4, -0.2) is 39.9 Å². The lowest BCUT2D eigenvalue weighted by atomic mass is 10.0. The van der Waals surface area contributed by atoms with Gasteiger partial charge in [-0.1, -0.05) is 32.6 Å². The molecule has 1 aliphatic rings. The maximum absolute atomic E-state index is 11.8. The minimum absolute atomic E-state index is 0.0205. The van der Waals surface area contributed by atoms with Crippen molar-refractivity contribution in [3.05, 3.63) is 54.9 Å². The Morgan fingerprint density at radius 1 is 1.26 bits per heavy atom. The summed E-state index contributed by atoms with van der Waals surface area (Å²) in [6.45, 7) is 9.36. The maximum Gasteiger partial charge on any atom is 0.246 e. The third-order valence-electron chi connectivity index (χ3n) is 4.74. The second-order valence-corrected chi connectivity index (χ2v) is 7.16. The number of hydrogen-bond donors (Lipinski definition) is 2. The fraction of sp³-hybridized carbons (Fsp3) is 0.381. The van der Waals surface area contributed by atoms with Gasteiger partial charge < -0.3 is 15.5 Å². The van der Waals surface area contributed by atoms with Gasteiger partial charge in [-0.05, 0) is 42.5 Å². The van der Waals surface area contributed by atoms with Gasteiger partial charge in [-0.15, -0.1) is 0 Å². The molecule has 1 saturated heterocycles. The fourth-order valence-electron chi connectivity index (χ4n) is 3.23. The van der Waals surface area contributed by atoms with Gasteiger partial charge in [0.1, 0.15) is 5.82 Å². The molecule has 1 aromatic carbocycles. The average Bonchev–Trinajstić information content (AvgIpc) is 2.68. The maximum atomic E-state index is 11.8. The van der Waals surface area contributed by atoms with Gasteiger partial charge in [0.2, 0.25) is 5.91 Å². The van der Waals surface area contributed by atoms with E-state index < -0.39 is 0 Å². The average molecular weight is 365 g/mol. The zero-order valence-corrected chi connectivity index (χ0v) is 16.0. The number of amides is 1. The highest BCUT2D eigenvalue weighted by atomic mass is 16.2. The minimum atomic E-state index is -0.0205. The molecule has 1 unspecified atom stereocenters. The van der Waals surface area contributed by atoms with Gasteiger partial charge in [-0.25, -0.2) is 4.98 Å². The minimum Gasteiger partial charge on any atom is -0.364 e. The normalized spacial score (nSPS) is 16.9. The first kappa shape index (κ1) is 18.9. The van der Waals surface area contributed by atoms with Gasteiger partial charge in [0, 0.05) is 24.8 Å². The van der Waals surface area contributed by atoms with E-state index >= 15 is 0 Å². The van der Waals surface area contributed by atoms with Gasteiger partial charge >= 0.3 is 0 Å². The number of carbonyl (C=O) groups is 1. The van der Waals surface area contributed by atoms with Gasteiger partial charge in [-0.3, -0.25) is 9.78 Å². The van der Waals surface area contributed by atoms with Crippen LogP contribution in [0.4, 0.5) is 17.3 Å². The molecule has 0 saturated carbocycles. The number of aromatic nitrogens is 2. The number of piperidine rings is 1. The first-order chi connectivity index (χ1) is 13.0. The van der Waals surface area contributed by atoms with Crippen LogP contribution in [0.15, 0.2) is 49.3 Å². The highest BCUT2D eigenvalue weighted by Gasteiger charge is 2.22. The van der Waals surface area contributed by atoms with Crippen molar-refractivity contribution in [1.29, 1.82) is 0 Å². The Balaban J connectivity index is 1.63. The molecule has 1 atom stereocenters. The summed E-state index contributed by atoms with van der Waals surface area (Å²) in [5.74, 6) is 1.88. The van der Waals surface area contributed by atoms with Crippen LogP contribution in [0.2, 0.25) is 0 Å². The number of carbonyl (C=O) groups excluding carboxylic acids is 1. The molecule has 1 amide bonds. The van der Waals surface area contributed by atoms with Crippen molar-refractivity contribution < 1.29 is 4.79 Å². The highest BCUT2D eigenvalue weighted by Crippen LogP contribution is 2.21. The second-order valence-electron chi connectivity index (χ2n) is 7.16. The standard InChI is InChI=1S/C21H27N5O/c1-4-21(27)26-11-5-6-18(14-26)24-20-13-22-12-19(25-20)23-17-9-7-16(8-10-17)15(2)3/h4,7-10,12-13,15,18H,1,5-6,11,14H2,2-3H3,(H2,23,24,25). The van der Waals surface area contributed by atoms with Crippen molar-refractivity contribution in [1.82, 2.24) is 14.9 Å². The molecule has 6 heteroatoms. The van der Waals surface area contributed by atoms with E-state index in [0.29, 0.717) is 24.1 Å². The fourth-order valence-corrected chi connectivity index (χ4v) is 3.23. The molecule has 2 heterocycles. The second kappa shape index (κ2) is 8.66. The predicted molar refractivity (Wildman–Crippen MR) is 109 cm³/mol. The molecule has 2 N–H and O–H groups in total. The molecular weight excluding hydrogens is 338 g/mol. The number of hydrogen-bond acceptors (Lipinski definition) is 5. The molecular formula is C21H27N5O. The SMILES string of the molecule is C=CC(=O)N1CCCC(Nc2cncc(Nc3ccc(C(C)C)cc3)n2)C1. The van der Waals surface area contributed by atoms with Crippen LogP contribution in [0, 0.1) is 0 Å². The van der Waals surface area contributed by atoms with Crippen molar-refractivity contribution >= 4 is 23.2 Å². The zero-order valence-electron chi connectivity index (χ0n) is 16.0. The topological polar surface area (TPSA) is 70.2 Å². The summed E-state index contributed by atoms with van der Waals surface area (Å²) in [7, 11) is 0. The molecule has 27 heavy (non-hydrogen) atoms. The van der Waals surface area contributed by atoms with E-state index in [1.165, 1.54) is 11.6 Å². The molecule has 3 rings (SSSR count). The van der Waals surface area contributed by atoms with E-state index in [1.54, 1.807) is 12.4 Å². The van der Waals surface area contributed by atoms with Crippen LogP contribution >= 0.6 is 0 Å². The molecule has 6 nitrogen and oxygen atoms in total. The van der Waals surface area contributed by atoms with Crippen LogP contribution in [0.25, 0.3) is 0 Å². The summed E-state index contributed by atoms with van der Waals surface area (Å²) in [6.07, 6.45) is 6.75. The number of nitrogens with zero attached hydrogens (tertiary/aromatic N) is 3. The lowest BCUT2D eigenvalue weighted by Gasteiger charge is -2.32. The molecule has 142 valence electrons. The van der Waals surface area contributed by atoms with E-state index in [-0.39, 0.29) is 11.9 Å². The van der Waals surface area contributed by atoms with E-state index in [4.69, 9.17) is 0 Å². The number of likely N-dealkylation sites (tertiary alicyclic amines) is 1. The lowest BCUT2D eigenvalue weighted by molar-refractivity contribution is -0.127. The van der Waals surface area contributed by atoms with E-state index in [2.05, 4.69) is 65.3 Å². The number of anilines is 3. The predicted octanol–water partition coefficient (Wildman–Crippen LogP) is 3.93. The van der Waals surface area contributed by atoms with Crippen molar-refractivity contribution in [3.63, 3.8) is 0 Å². The molecule has 0 aliphatic carbocycles. The molecule has 0 spiro atoms. The van der Waals surface area contributed by atoms with Crippen LogP contribution in [-0.2, 0) is 4.79 Å². The van der Waals surface area contributed by atoms with Gasteiger partial charge in [-0.2, -0.15) is 0 Å². The Morgan fingerprint density at radius 3 is 2.70 bits per heavy atom. The van der Waals surface area contributed by atoms with Crippen LogP contribution in [0.5, 0.6) is 0 Å². The molecule has 0 bridgehead atoms. The monoisotopic (exact) mass is 365 g/mol. The molecule has 1 aliphatic heterocycles. The summed E-state index contributed by atoms with van der Waals surface area (Å²) in [6, 6.07) is 8.51. The molecule has 0 radical (unpaired) electrons. The quantitative estimate of drug-likeness (QED) is 0.759. The Kier molecular flexibility index (Phi) is 6.06. The van der Waals surface area contributed by atoms with E-state index in [9.17, 15) is 4.79 Å². The molecule has 2 aromatic rings. The van der Waals surface area contributed by atoms with Gasteiger partial charge in [0.15, 0.2) is 5.82 Å². The van der Waals surface area contributed by atoms with Gasteiger partial charge in [0.05, 0.1) is 12.4 Å². The number of nitrogens with one attached hydrogen (secondary N) is 2. The van der Waals surface area contributed by atoms with Crippen molar-refractivity contribution in [3.8, 4) is 0 Å². The first-order valence-electron chi connectivity index (χ1n) is 9.42. The molecule has 1 fully saturated rings. The van der Waals surface area contributed by atoms with Crippen LogP contribution in [0.3, 0.4) is 0 Å². The Bertz CT molecular complexity index is 787. The highest BCUT2D eigenvalue weighted by molar-refractivity contribution is 5.87. The summed E-state index contributed by atoms with van der Waals surface area (Å²) < 4.78 is 0. The third kappa shape index (κ3) is 5.06. The summed E-state index contributed by atoms with van der Waals surface area (Å²) >= 11 is 0.